The molecule has 0 atom stereocenters. The second kappa shape index (κ2) is 4.69. The van der Waals surface area contributed by atoms with E-state index in [4.69, 9.17) is 4.74 Å². The standard InChI is InChI=1S/C14H13N3O4/c1-8-5-10(14(18)21-2)6-9-3-4-16-13(12(8)9)11(7-15-16)17(19)20/h5-7H,3-4H2,1-2H3. The van der Waals surface area contributed by atoms with Gasteiger partial charge in [-0.2, -0.15) is 5.10 Å². The first-order valence-corrected chi connectivity index (χ1v) is 6.45. The Kier molecular flexibility index (Phi) is 2.97. The number of benzene rings is 1. The zero-order chi connectivity index (χ0) is 15.1. The average Bonchev–Trinajstić information content (AvgIpc) is 2.89. The monoisotopic (exact) mass is 287 g/mol. The summed E-state index contributed by atoms with van der Waals surface area (Å²) in [5.41, 5.74) is 3.46. The highest BCUT2D eigenvalue weighted by Gasteiger charge is 2.29. The van der Waals surface area contributed by atoms with Gasteiger partial charge in [0.2, 0.25) is 0 Å². The van der Waals surface area contributed by atoms with Crippen LogP contribution in [0.15, 0.2) is 18.3 Å². The first-order chi connectivity index (χ1) is 10.0. The summed E-state index contributed by atoms with van der Waals surface area (Å²) in [6.45, 7) is 2.39. The first kappa shape index (κ1) is 13.3. The molecule has 1 aliphatic rings. The Morgan fingerprint density at radius 1 is 1.48 bits per heavy atom. The molecule has 0 unspecified atom stereocenters. The van der Waals surface area contributed by atoms with Crippen LogP contribution in [0.3, 0.4) is 0 Å². The highest BCUT2D eigenvalue weighted by Crippen LogP contribution is 2.38. The van der Waals surface area contributed by atoms with Gasteiger partial charge in [-0.25, -0.2) is 4.79 Å². The largest absolute Gasteiger partial charge is 0.465 e. The van der Waals surface area contributed by atoms with E-state index in [-0.39, 0.29) is 5.69 Å². The van der Waals surface area contributed by atoms with Crippen molar-refractivity contribution in [3.63, 3.8) is 0 Å². The molecule has 0 saturated carbocycles. The number of carbonyl (C=O) groups is 1. The fourth-order valence-corrected chi connectivity index (χ4v) is 2.79. The number of fused-ring (bicyclic) bond motifs is 3. The van der Waals surface area contributed by atoms with Gasteiger partial charge in [-0.3, -0.25) is 14.8 Å². The predicted octanol–water partition coefficient (Wildman–Crippen LogP) is 2.11. The van der Waals surface area contributed by atoms with Gasteiger partial charge in [0.1, 0.15) is 11.9 Å². The molecule has 0 saturated heterocycles. The van der Waals surface area contributed by atoms with Gasteiger partial charge >= 0.3 is 11.7 Å². The topological polar surface area (TPSA) is 87.3 Å². The molecule has 2 aromatic rings. The maximum absolute atomic E-state index is 11.7. The zero-order valence-corrected chi connectivity index (χ0v) is 11.6. The van der Waals surface area contributed by atoms with Crippen LogP contribution < -0.4 is 0 Å². The number of nitro groups is 1. The van der Waals surface area contributed by atoms with E-state index >= 15 is 0 Å². The molecule has 0 spiro atoms. The third kappa shape index (κ3) is 1.97. The van der Waals surface area contributed by atoms with Crippen LogP contribution in [0.25, 0.3) is 11.3 Å². The minimum Gasteiger partial charge on any atom is -0.465 e. The molecule has 0 N–H and O–H groups in total. The van der Waals surface area contributed by atoms with Crippen LogP contribution in [-0.4, -0.2) is 27.8 Å². The van der Waals surface area contributed by atoms with Gasteiger partial charge in [0, 0.05) is 12.1 Å². The number of ether oxygens (including phenoxy) is 1. The molecule has 7 nitrogen and oxygen atoms in total. The molecule has 0 radical (unpaired) electrons. The number of carbonyl (C=O) groups excluding carboxylic acids is 1. The van der Waals surface area contributed by atoms with Crippen LogP contribution >= 0.6 is 0 Å². The van der Waals surface area contributed by atoms with Crippen LogP contribution in [0.1, 0.15) is 21.5 Å². The van der Waals surface area contributed by atoms with E-state index in [9.17, 15) is 14.9 Å². The van der Waals surface area contributed by atoms with Gasteiger partial charge in [-0.15, -0.1) is 0 Å². The number of esters is 1. The summed E-state index contributed by atoms with van der Waals surface area (Å²) >= 11 is 0. The van der Waals surface area contributed by atoms with Crippen molar-refractivity contribution < 1.29 is 14.5 Å². The number of hydrogen-bond donors (Lipinski definition) is 0. The fraction of sp³-hybridized carbons (Fsp3) is 0.286. The van der Waals surface area contributed by atoms with Gasteiger partial charge in [-0.05, 0) is 36.6 Å². The highest BCUT2D eigenvalue weighted by molar-refractivity contribution is 5.91. The molecule has 0 bridgehead atoms. The minimum absolute atomic E-state index is 0.00938. The fourth-order valence-electron chi connectivity index (χ4n) is 2.79. The van der Waals surface area contributed by atoms with Gasteiger partial charge in [0.25, 0.3) is 0 Å². The zero-order valence-electron chi connectivity index (χ0n) is 11.6. The highest BCUT2D eigenvalue weighted by atomic mass is 16.6. The van der Waals surface area contributed by atoms with E-state index in [2.05, 4.69) is 5.10 Å². The number of aromatic nitrogens is 2. The first-order valence-electron chi connectivity index (χ1n) is 6.45. The number of aryl methyl sites for hydroxylation is 3. The van der Waals surface area contributed by atoms with Crippen molar-refractivity contribution in [3.8, 4) is 11.3 Å². The van der Waals surface area contributed by atoms with Gasteiger partial charge < -0.3 is 4.74 Å². The molecule has 7 heteroatoms. The van der Waals surface area contributed by atoms with E-state index in [1.807, 2.05) is 6.92 Å². The summed E-state index contributed by atoms with van der Waals surface area (Å²) in [6, 6.07) is 3.44. The lowest BCUT2D eigenvalue weighted by molar-refractivity contribution is -0.384. The molecule has 0 aliphatic carbocycles. The Balaban J connectivity index is 2.23. The van der Waals surface area contributed by atoms with Crippen molar-refractivity contribution in [2.75, 3.05) is 7.11 Å². The predicted molar refractivity (Wildman–Crippen MR) is 74.1 cm³/mol. The van der Waals surface area contributed by atoms with Gasteiger partial charge in [0.15, 0.2) is 0 Å². The molecule has 2 heterocycles. The van der Waals surface area contributed by atoms with E-state index in [0.29, 0.717) is 24.2 Å². The Hall–Kier alpha value is -2.70. The summed E-state index contributed by atoms with van der Waals surface area (Å²) < 4.78 is 6.38. The summed E-state index contributed by atoms with van der Waals surface area (Å²) in [5, 5.41) is 15.2. The van der Waals surface area contributed by atoms with Crippen LogP contribution in [0.5, 0.6) is 0 Å². The quantitative estimate of drug-likeness (QED) is 0.479. The van der Waals surface area contributed by atoms with E-state index in [1.165, 1.54) is 13.3 Å². The number of hydrogen-bond acceptors (Lipinski definition) is 5. The van der Waals surface area contributed by atoms with Crippen molar-refractivity contribution in [1.29, 1.82) is 0 Å². The summed E-state index contributed by atoms with van der Waals surface area (Å²) in [4.78, 5) is 22.4. The smallest absolute Gasteiger partial charge is 0.337 e. The van der Waals surface area contributed by atoms with Crippen molar-refractivity contribution in [2.45, 2.75) is 19.9 Å². The van der Waals surface area contributed by atoms with E-state index in [0.717, 1.165) is 16.7 Å². The number of methoxy groups -OCH3 is 1. The minimum atomic E-state index is -0.429. The Bertz CT molecular complexity index is 764. The Labute approximate surface area is 120 Å². The van der Waals surface area contributed by atoms with Crippen LogP contribution in [0, 0.1) is 17.0 Å². The van der Waals surface area contributed by atoms with Crippen LogP contribution in [0.4, 0.5) is 5.69 Å². The molecule has 3 rings (SSSR count). The molecular formula is C14H13N3O4. The molecule has 0 amide bonds. The third-order valence-corrected chi connectivity index (χ3v) is 3.68. The van der Waals surface area contributed by atoms with Crippen molar-refractivity contribution in [1.82, 2.24) is 9.78 Å². The van der Waals surface area contributed by atoms with Gasteiger partial charge in [-0.1, -0.05) is 0 Å². The lowest BCUT2D eigenvalue weighted by Crippen LogP contribution is -2.15. The van der Waals surface area contributed by atoms with E-state index < -0.39 is 10.9 Å². The molecular weight excluding hydrogens is 274 g/mol. The maximum atomic E-state index is 11.7. The molecule has 1 aliphatic heterocycles. The second-order valence-electron chi connectivity index (χ2n) is 4.93. The lowest BCUT2D eigenvalue weighted by Gasteiger charge is -2.20. The SMILES string of the molecule is COC(=O)c1cc(C)c2c(c1)CCn1ncc([N+](=O)[O-])c1-2. The summed E-state index contributed by atoms with van der Waals surface area (Å²) in [6.07, 6.45) is 1.95. The van der Waals surface area contributed by atoms with Gasteiger partial charge in [0.05, 0.1) is 17.6 Å². The second-order valence-corrected chi connectivity index (χ2v) is 4.93. The van der Waals surface area contributed by atoms with Crippen molar-refractivity contribution in [2.24, 2.45) is 0 Å². The Morgan fingerprint density at radius 3 is 2.90 bits per heavy atom. The number of rotatable bonds is 2. The van der Waals surface area contributed by atoms with Crippen LogP contribution in [-0.2, 0) is 17.7 Å². The van der Waals surface area contributed by atoms with E-state index in [1.54, 1.807) is 16.8 Å². The molecule has 1 aromatic heterocycles. The maximum Gasteiger partial charge on any atom is 0.337 e. The number of nitrogens with zero attached hydrogens (tertiary/aromatic N) is 3. The summed E-state index contributed by atoms with van der Waals surface area (Å²) in [7, 11) is 1.33. The van der Waals surface area contributed by atoms with Crippen molar-refractivity contribution >= 4 is 11.7 Å². The normalized spacial score (nSPS) is 12.5. The summed E-state index contributed by atoms with van der Waals surface area (Å²) in [5.74, 6) is -0.408. The molecule has 1 aromatic carbocycles. The van der Waals surface area contributed by atoms with Crippen molar-refractivity contribution in [3.05, 3.63) is 45.1 Å². The molecule has 21 heavy (non-hydrogen) atoms. The Morgan fingerprint density at radius 2 is 2.24 bits per heavy atom. The lowest BCUT2D eigenvalue weighted by atomic mass is 9.91. The van der Waals surface area contributed by atoms with Crippen LogP contribution in [0.2, 0.25) is 0 Å². The molecule has 108 valence electrons. The molecule has 0 fully saturated rings. The average molecular weight is 287 g/mol. The third-order valence-electron chi connectivity index (χ3n) is 3.68.